The summed E-state index contributed by atoms with van der Waals surface area (Å²) in [6.45, 7) is 12.0. The average Bonchev–Trinajstić information content (AvgIpc) is 2.98. The summed E-state index contributed by atoms with van der Waals surface area (Å²) in [6.07, 6.45) is 0.479. The molecule has 2 aliphatic heterocycles. The van der Waals surface area contributed by atoms with Crippen molar-refractivity contribution in [2.45, 2.75) is 20.3 Å². The van der Waals surface area contributed by atoms with E-state index in [9.17, 15) is 9.59 Å². The van der Waals surface area contributed by atoms with Crippen LogP contribution in [0.5, 0.6) is 11.5 Å². The quantitative estimate of drug-likeness (QED) is 0.285. The zero-order valence-electron chi connectivity index (χ0n) is 24.1. The van der Waals surface area contributed by atoms with E-state index in [1.165, 1.54) is 0 Å². The first-order valence-corrected chi connectivity index (χ1v) is 14.2. The number of hydrogen-bond donors (Lipinski definition) is 0. The van der Waals surface area contributed by atoms with Crippen LogP contribution in [-0.2, 0) is 9.47 Å². The van der Waals surface area contributed by atoms with E-state index in [0.29, 0.717) is 70.3 Å². The molecule has 0 aliphatic carbocycles. The van der Waals surface area contributed by atoms with Crippen molar-refractivity contribution in [2.24, 2.45) is 11.8 Å². The Bertz CT molecular complexity index is 958. The average molecular weight is 612 g/mol. The highest BCUT2D eigenvalue weighted by molar-refractivity contribution is 6.00. The number of carbonyl (C=O) groups excluding carboxylic acids is 2. The van der Waals surface area contributed by atoms with Gasteiger partial charge in [0.1, 0.15) is 11.5 Å². The first-order valence-electron chi connectivity index (χ1n) is 14.2. The molecule has 2 aromatic rings. The lowest BCUT2D eigenvalue weighted by atomic mass is 9.83. The van der Waals surface area contributed by atoms with Crippen molar-refractivity contribution < 1.29 is 28.5 Å². The van der Waals surface area contributed by atoms with Gasteiger partial charge in [-0.1, -0.05) is 0 Å². The van der Waals surface area contributed by atoms with Gasteiger partial charge >= 0.3 is 0 Å². The van der Waals surface area contributed by atoms with Gasteiger partial charge in [-0.3, -0.25) is 19.4 Å². The monoisotopic (exact) mass is 610 g/mol. The number of hydrogen-bond acceptors (Lipinski definition) is 8. The number of Topliss-reactive ketones (excluding diaryl/α,β-unsaturated/α-hetero) is 2. The summed E-state index contributed by atoms with van der Waals surface area (Å²) in [5.41, 5.74) is 1.30. The van der Waals surface area contributed by atoms with E-state index in [0.717, 1.165) is 37.7 Å². The molecule has 0 N–H and O–H groups in total. The molecule has 0 aromatic heterocycles. The van der Waals surface area contributed by atoms with Crippen LogP contribution in [-0.4, -0.2) is 100 Å². The Balaban J connectivity index is 0.00000294. The van der Waals surface area contributed by atoms with Crippen LogP contribution in [0, 0.1) is 11.8 Å². The number of nitrogens with zero attached hydrogens (tertiary/aromatic N) is 2. The molecule has 0 spiro atoms. The van der Waals surface area contributed by atoms with Crippen LogP contribution in [0.15, 0.2) is 48.5 Å². The molecular formula is C31H44Cl2N2O6. The molecule has 8 nitrogen and oxygen atoms in total. The maximum Gasteiger partial charge on any atom is 0.167 e. The number of rotatable bonds is 14. The van der Waals surface area contributed by atoms with E-state index >= 15 is 0 Å². The molecule has 0 bridgehead atoms. The van der Waals surface area contributed by atoms with Gasteiger partial charge in [0.05, 0.1) is 39.6 Å². The number of halogens is 2. The summed E-state index contributed by atoms with van der Waals surface area (Å²) in [5.74, 6) is 0.980. The number of carbonyl (C=O) groups is 2. The minimum Gasteiger partial charge on any atom is -0.494 e. The van der Waals surface area contributed by atoms with Crippen LogP contribution >= 0.6 is 24.8 Å². The van der Waals surface area contributed by atoms with E-state index in [1.807, 2.05) is 62.4 Å². The fourth-order valence-electron chi connectivity index (χ4n) is 5.30. The van der Waals surface area contributed by atoms with Crippen molar-refractivity contribution in [3.63, 3.8) is 0 Å². The summed E-state index contributed by atoms with van der Waals surface area (Å²) < 4.78 is 22.2. The third-order valence-electron chi connectivity index (χ3n) is 7.37. The van der Waals surface area contributed by atoms with Crippen LogP contribution in [0.4, 0.5) is 0 Å². The first kappa shape index (κ1) is 35.0. The maximum absolute atomic E-state index is 13.9. The predicted molar refractivity (Wildman–Crippen MR) is 164 cm³/mol. The molecule has 2 aromatic carbocycles. The Morgan fingerprint density at radius 1 is 0.659 bits per heavy atom. The zero-order chi connectivity index (χ0) is 27.5. The van der Waals surface area contributed by atoms with Gasteiger partial charge in [-0.2, -0.15) is 0 Å². The van der Waals surface area contributed by atoms with Crippen molar-refractivity contribution in [1.29, 1.82) is 0 Å². The van der Waals surface area contributed by atoms with Gasteiger partial charge in [0, 0.05) is 62.2 Å². The Labute approximate surface area is 256 Å². The van der Waals surface area contributed by atoms with Crippen molar-refractivity contribution in [2.75, 3.05) is 78.9 Å². The Hall–Kier alpha value is -2.20. The summed E-state index contributed by atoms with van der Waals surface area (Å²) in [7, 11) is 0. The minimum absolute atomic E-state index is 0. The van der Waals surface area contributed by atoms with Crippen LogP contribution in [0.2, 0.25) is 0 Å². The third-order valence-corrected chi connectivity index (χ3v) is 7.37. The fourth-order valence-corrected chi connectivity index (χ4v) is 5.30. The summed E-state index contributed by atoms with van der Waals surface area (Å²) in [6, 6.07) is 14.7. The highest BCUT2D eigenvalue weighted by Crippen LogP contribution is 2.26. The lowest BCUT2D eigenvalue weighted by molar-refractivity contribution is 0.0213. The summed E-state index contributed by atoms with van der Waals surface area (Å²) in [5, 5.41) is 0. The third kappa shape index (κ3) is 10.5. The SMILES string of the molecule is CCOc1ccc(C(=O)C(CC(CN2CCOCC2)C(=O)c2ccc(OCC)cc2)CN2CCOCC2)cc1.Cl.Cl. The largest absolute Gasteiger partial charge is 0.494 e. The molecule has 0 radical (unpaired) electrons. The van der Waals surface area contributed by atoms with Gasteiger partial charge in [0.25, 0.3) is 0 Å². The summed E-state index contributed by atoms with van der Waals surface area (Å²) >= 11 is 0. The molecule has 2 fully saturated rings. The molecule has 0 saturated carbocycles. The Kier molecular flexibility index (Phi) is 15.7. The van der Waals surface area contributed by atoms with E-state index in [-0.39, 0.29) is 48.2 Å². The van der Waals surface area contributed by atoms with E-state index in [4.69, 9.17) is 18.9 Å². The Morgan fingerprint density at radius 2 is 1.00 bits per heavy atom. The second kappa shape index (κ2) is 18.4. The summed E-state index contributed by atoms with van der Waals surface area (Å²) in [4.78, 5) is 32.4. The van der Waals surface area contributed by atoms with Crippen molar-refractivity contribution >= 4 is 36.4 Å². The van der Waals surface area contributed by atoms with Crippen molar-refractivity contribution in [3.05, 3.63) is 59.7 Å². The lowest BCUT2D eigenvalue weighted by Gasteiger charge is -2.34. The van der Waals surface area contributed by atoms with E-state index in [1.54, 1.807) is 0 Å². The van der Waals surface area contributed by atoms with Crippen molar-refractivity contribution in [3.8, 4) is 11.5 Å². The highest BCUT2D eigenvalue weighted by atomic mass is 35.5. The fraction of sp³-hybridized carbons (Fsp3) is 0.548. The molecular weight excluding hydrogens is 567 g/mol. The van der Waals surface area contributed by atoms with Crippen molar-refractivity contribution in [1.82, 2.24) is 9.80 Å². The second-order valence-corrected chi connectivity index (χ2v) is 10.1. The van der Waals surface area contributed by atoms with E-state index < -0.39 is 0 Å². The smallest absolute Gasteiger partial charge is 0.167 e. The van der Waals surface area contributed by atoms with Crippen LogP contribution in [0.3, 0.4) is 0 Å². The van der Waals surface area contributed by atoms with Gasteiger partial charge in [-0.25, -0.2) is 0 Å². The normalized spacial score (nSPS) is 17.4. The van der Waals surface area contributed by atoms with Gasteiger partial charge in [-0.05, 0) is 68.8 Å². The molecule has 41 heavy (non-hydrogen) atoms. The molecule has 2 aliphatic rings. The molecule has 228 valence electrons. The second-order valence-electron chi connectivity index (χ2n) is 10.1. The number of morpholine rings is 2. The van der Waals surface area contributed by atoms with Gasteiger partial charge < -0.3 is 18.9 Å². The predicted octanol–water partition coefficient (Wildman–Crippen LogP) is 4.68. The lowest BCUT2D eigenvalue weighted by Crippen LogP contribution is -2.44. The molecule has 2 heterocycles. The number of ether oxygens (including phenoxy) is 4. The highest BCUT2D eigenvalue weighted by Gasteiger charge is 2.32. The molecule has 2 unspecified atom stereocenters. The number of benzene rings is 2. The molecule has 2 atom stereocenters. The van der Waals surface area contributed by atoms with Gasteiger partial charge in [0.2, 0.25) is 0 Å². The first-order chi connectivity index (χ1) is 19.1. The van der Waals surface area contributed by atoms with Gasteiger partial charge in [0.15, 0.2) is 11.6 Å². The zero-order valence-corrected chi connectivity index (χ0v) is 25.8. The molecule has 4 rings (SSSR count). The number of ketones is 2. The van der Waals surface area contributed by atoms with Crippen LogP contribution in [0.1, 0.15) is 41.0 Å². The van der Waals surface area contributed by atoms with Gasteiger partial charge in [-0.15, -0.1) is 24.8 Å². The van der Waals surface area contributed by atoms with Crippen LogP contribution < -0.4 is 9.47 Å². The molecule has 0 amide bonds. The molecule has 10 heteroatoms. The minimum atomic E-state index is -0.321. The Morgan fingerprint density at radius 3 is 1.32 bits per heavy atom. The van der Waals surface area contributed by atoms with E-state index in [2.05, 4.69) is 9.80 Å². The topological polar surface area (TPSA) is 77.5 Å². The maximum atomic E-state index is 13.9. The van der Waals surface area contributed by atoms with Crippen LogP contribution in [0.25, 0.3) is 0 Å². The standard InChI is InChI=1S/C31H42N2O6.2ClH/c1-3-38-28-9-5-24(6-10-28)30(34)26(22-32-13-17-36-18-14-32)21-27(23-33-15-19-37-20-16-33)31(35)25-7-11-29(12-8-25)39-4-2;;/h5-12,26-27H,3-4,13-23H2,1-2H3;2*1H. The molecule has 2 saturated heterocycles.